The molecule has 1 amide bonds. The molecule has 9 heteroatoms. The maximum atomic E-state index is 12.7. The molecule has 1 aromatic carbocycles. The van der Waals surface area contributed by atoms with Gasteiger partial charge in [0, 0.05) is 35.9 Å². The van der Waals surface area contributed by atoms with E-state index in [-0.39, 0.29) is 16.9 Å². The standard InChI is InChI=1S/C21H21ClN4O3S/c1-14-19(15-5-7-16(22)8-6-15)30(28,29)25-20(14)26-12-9-17(10-13-26)24-21(27)18-4-2-3-11-23-18/h2-8,11,17H,9-10,12-13H2,1H3,(H,24,27). The highest BCUT2D eigenvalue weighted by Gasteiger charge is 2.35. The van der Waals surface area contributed by atoms with Crippen molar-refractivity contribution in [2.45, 2.75) is 25.8 Å². The number of nitrogens with one attached hydrogen (secondary N) is 1. The summed E-state index contributed by atoms with van der Waals surface area (Å²) in [4.78, 5) is 18.6. The van der Waals surface area contributed by atoms with Crippen LogP contribution >= 0.6 is 11.6 Å². The summed E-state index contributed by atoms with van der Waals surface area (Å²) in [6.07, 6.45) is 2.98. The Morgan fingerprint density at radius 1 is 1.13 bits per heavy atom. The van der Waals surface area contributed by atoms with Crippen molar-refractivity contribution < 1.29 is 13.2 Å². The summed E-state index contributed by atoms with van der Waals surface area (Å²) < 4.78 is 29.5. The smallest absolute Gasteiger partial charge is 0.285 e. The molecule has 0 atom stereocenters. The molecule has 1 saturated heterocycles. The maximum Gasteiger partial charge on any atom is 0.285 e. The minimum Gasteiger partial charge on any atom is -0.356 e. The lowest BCUT2D eigenvalue weighted by molar-refractivity contribution is 0.0917. The predicted molar refractivity (Wildman–Crippen MR) is 117 cm³/mol. The summed E-state index contributed by atoms with van der Waals surface area (Å²) in [7, 11) is -3.76. The molecule has 3 heterocycles. The first kappa shape index (κ1) is 20.6. The van der Waals surface area contributed by atoms with E-state index in [4.69, 9.17) is 11.6 Å². The number of carbonyl (C=O) groups excluding carboxylic acids is 1. The number of aromatic nitrogens is 1. The van der Waals surface area contributed by atoms with Crippen LogP contribution in [0.1, 0.15) is 35.8 Å². The molecule has 7 nitrogen and oxygen atoms in total. The average Bonchev–Trinajstić information content (AvgIpc) is 2.99. The fourth-order valence-electron chi connectivity index (χ4n) is 3.78. The minimum atomic E-state index is -3.76. The molecule has 0 saturated carbocycles. The molecule has 0 radical (unpaired) electrons. The number of piperidine rings is 1. The van der Waals surface area contributed by atoms with E-state index in [9.17, 15) is 13.2 Å². The lowest BCUT2D eigenvalue weighted by atomic mass is 10.0. The number of amides is 1. The van der Waals surface area contributed by atoms with Crippen LogP contribution in [0.5, 0.6) is 0 Å². The van der Waals surface area contributed by atoms with E-state index in [1.54, 1.807) is 55.6 Å². The van der Waals surface area contributed by atoms with Crippen molar-refractivity contribution in [2.75, 3.05) is 13.1 Å². The largest absolute Gasteiger partial charge is 0.356 e. The SMILES string of the molecule is CC1=C(c2ccc(Cl)cc2)S(=O)(=O)N=C1N1CCC(NC(=O)c2ccccn2)CC1. The number of rotatable bonds is 3. The predicted octanol–water partition coefficient (Wildman–Crippen LogP) is 3.10. The maximum absolute atomic E-state index is 12.7. The molecule has 0 bridgehead atoms. The highest BCUT2D eigenvalue weighted by molar-refractivity contribution is 8.00. The summed E-state index contributed by atoms with van der Waals surface area (Å²) in [5.41, 5.74) is 1.60. The van der Waals surface area contributed by atoms with Gasteiger partial charge in [-0.05, 0) is 49.6 Å². The van der Waals surface area contributed by atoms with Crippen molar-refractivity contribution in [2.24, 2.45) is 4.40 Å². The van der Waals surface area contributed by atoms with Crippen LogP contribution in [-0.4, -0.2) is 49.2 Å². The highest BCUT2D eigenvalue weighted by Crippen LogP contribution is 2.34. The molecule has 1 N–H and O–H groups in total. The van der Waals surface area contributed by atoms with E-state index in [0.29, 0.717) is 53.6 Å². The number of benzene rings is 1. The third-order valence-electron chi connectivity index (χ3n) is 5.27. The Morgan fingerprint density at radius 3 is 2.47 bits per heavy atom. The normalized spacial score (nSPS) is 19.0. The molecule has 4 rings (SSSR count). The van der Waals surface area contributed by atoms with Gasteiger partial charge in [0.2, 0.25) is 0 Å². The summed E-state index contributed by atoms with van der Waals surface area (Å²) in [5.74, 6) is 0.283. The first-order valence-corrected chi connectivity index (χ1v) is 11.5. The van der Waals surface area contributed by atoms with Crippen LogP contribution in [0.4, 0.5) is 0 Å². The van der Waals surface area contributed by atoms with E-state index < -0.39 is 10.0 Å². The molecule has 0 spiro atoms. The second kappa shape index (κ2) is 8.20. The van der Waals surface area contributed by atoms with Gasteiger partial charge in [0.15, 0.2) is 0 Å². The van der Waals surface area contributed by atoms with Gasteiger partial charge in [-0.2, -0.15) is 8.42 Å². The number of carbonyl (C=O) groups is 1. The number of likely N-dealkylation sites (tertiary alicyclic amines) is 1. The first-order chi connectivity index (χ1) is 14.3. The number of halogens is 1. The number of pyridine rings is 1. The third-order valence-corrected chi connectivity index (χ3v) is 7.00. The zero-order valence-corrected chi connectivity index (χ0v) is 17.9. The zero-order valence-electron chi connectivity index (χ0n) is 16.4. The van der Waals surface area contributed by atoms with Crippen molar-refractivity contribution in [1.29, 1.82) is 0 Å². The van der Waals surface area contributed by atoms with E-state index in [1.165, 1.54) is 0 Å². The molecule has 0 aliphatic carbocycles. The number of hydrogen-bond donors (Lipinski definition) is 1. The molecule has 0 unspecified atom stereocenters. The Kier molecular flexibility index (Phi) is 5.62. The number of amidine groups is 1. The van der Waals surface area contributed by atoms with E-state index >= 15 is 0 Å². The Balaban J connectivity index is 1.46. The van der Waals surface area contributed by atoms with Gasteiger partial charge < -0.3 is 10.2 Å². The van der Waals surface area contributed by atoms with Gasteiger partial charge in [0.25, 0.3) is 15.9 Å². The van der Waals surface area contributed by atoms with Gasteiger partial charge in [-0.3, -0.25) is 9.78 Å². The van der Waals surface area contributed by atoms with Crippen molar-refractivity contribution >= 4 is 38.3 Å². The van der Waals surface area contributed by atoms with Crippen LogP contribution in [0.2, 0.25) is 5.02 Å². The molecular formula is C21H21ClN4O3S. The lowest BCUT2D eigenvalue weighted by Crippen LogP contribution is -2.46. The number of sulfonamides is 1. The molecule has 30 heavy (non-hydrogen) atoms. The van der Waals surface area contributed by atoms with Crippen LogP contribution in [0.15, 0.2) is 58.6 Å². The highest BCUT2D eigenvalue weighted by atomic mass is 35.5. The van der Waals surface area contributed by atoms with Crippen LogP contribution < -0.4 is 5.32 Å². The fraction of sp³-hybridized carbons (Fsp3) is 0.286. The lowest BCUT2D eigenvalue weighted by Gasteiger charge is -2.33. The van der Waals surface area contributed by atoms with Gasteiger partial charge in [-0.1, -0.05) is 29.8 Å². The van der Waals surface area contributed by atoms with Crippen LogP contribution in [0, 0.1) is 0 Å². The molecule has 2 aliphatic rings. The van der Waals surface area contributed by atoms with Gasteiger partial charge in [0.1, 0.15) is 16.4 Å². The molecule has 1 aromatic heterocycles. The van der Waals surface area contributed by atoms with E-state index in [1.807, 2.05) is 4.90 Å². The molecule has 156 valence electrons. The van der Waals surface area contributed by atoms with E-state index in [2.05, 4.69) is 14.7 Å². The van der Waals surface area contributed by atoms with Crippen molar-refractivity contribution in [3.63, 3.8) is 0 Å². The summed E-state index contributed by atoms with van der Waals surface area (Å²) in [6, 6.07) is 11.9. The summed E-state index contributed by atoms with van der Waals surface area (Å²) in [5, 5.41) is 3.55. The summed E-state index contributed by atoms with van der Waals surface area (Å²) in [6.45, 7) is 2.99. The summed E-state index contributed by atoms with van der Waals surface area (Å²) >= 11 is 5.93. The fourth-order valence-corrected chi connectivity index (χ4v) is 5.39. The van der Waals surface area contributed by atoms with E-state index in [0.717, 1.165) is 0 Å². The van der Waals surface area contributed by atoms with Gasteiger partial charge in [-0.15, -0.1) is 4.40 Å². The quantitative estimate of drug-likeness (QED) is 0.785. The van der Waals surface area contributed by atoms with Crippen LogP contribution in [0.25, 0.3) is 4.91 Å². The molecular weight excluding hydrogens is 424 g/mol. The van der Waals surface area contributed by atoms with Crippen LogP contribution in [-0.2, 0) is 10.0 Å². The zero-order chi connectivity index (χ0) is 21.3. The molecule has 2 aromatic rings. The Morgan fingerprint density at radius 2 is 1.83 bits per heavy atom. The average molecular weight is 445 g/mol. The topological polar surface area (TPSA) is 91.7 Å². The molecule has 2 aliphatic heterocycles. The first-order valence-electron chi connectivity index (χ1n) is 9.64. The molecule has 1 fully saturated rings. The number of nitrogens with zero attached hydrogens (tertiary/aromatic N) is 3. The minimum absolute atomic E-state index is 0.00869. The van der Waals surface area contributed by atoms with Crippen molar-refractivity contribution in [1.82, 2.24) is 15.2 Å². The Labute approximate surface area is 180 Å². The van der Waals surface area contributed by atoms with Gasteiger partial charge >= 0.3 is 0 Å². The Hall–Kier alpha value is -2.71. The van der Waals surface area contributed by atoms with Gasteiger partial charge in [0.05, 0.1) is 0 Å². The third kappa shape index (κ3) is 4.11. The number of hydrogen-bond acceptors (Lipinski definition) is 5. The monoisotopic (exact) mass is 444 g/mol. The Bertz CT molecular complexity index is 1120. The second-order valence-electron chi connectivity index (χ2n) is 7.30. The second-order valence-corrected chi connectivity index (χ2v) is 9.28. The van der Waals surface area contributed by atoms with Gasteiger partial charge in [-0.25, -0.2) is 0 Å². The van der Waals surface area contributed by atoms with Crippen LogP contribution in [0.3, 0.4) is 0 Å². The van der Waals surface area contributed by atoms with Crippen molar-refractivity contribution in [3.8, 4) is 0 Å². The van der Waals surface area contributed by atoms with Crippen molar-refractivity contribution in [3.05, 3.63) is 70.5 Å².